The first-order valence-electron chi connectivity index (χ1n) is 31.0. The summed E-state index contributed by atoms with van der Waals surface area (Å²) < 4.78 is 16.8. The molecular weight excluding hydrogens is 949 g/mol. The van der Waals surface area contributed by atoms with Gasteiger partial charge in [0.05, 0.1) is 0 Å². The number of hydrogen-bond acceptors (Lipinski definition) is 6. The molecule has 0 aliphatic carbocycles. The normalized spacial score (nSPS) is 13.2. The molecule has 432 valence electrons. The van der Waals surface area contributed by atoms with Gasteiger partial charge in [-0.3, -0.25) is 14.4 Å². The molecule has 77 heavy (non-hydrogen) atoms. The van der Waals surface area contributed by atoms with Gasteiger partial charge in [0.25, 0.3) is 0 Å². The summed E-state index contributed by atoms with van der Waals surface area (Å²) in [7, 11) is 0. The van der Waals surface area contributed by atoms with Gasteiger partial charge in [0.1, 0.15) is 13.2 Å². The molecule has 1 atom stereocenters. The Morgan fingerprint density at radius 2 is 0.532 bits per heavy atom. The third kappa shape index (κ3) is 61.8. The van der Waals surface area contributed by atoms with Crippen LogP contribution in [0.15, 0.2) is 158 Å². The molecule has 0 aliphatic rings. The van der Waals surface area contributed by atoms with Gasteiger partial charge in [-0.05, 0) is 148 Å². The summed E-state index contributed by atoms with van der Waals surface area (Å²) in [6.07, 6.45) is 92.4. The SMILES string of the molecule is CC/C=C\C/C=C\C/C=C\C/C=C\C/C=C\C/C=C\C/C=C\C/C=C\C/C=C\CCCCCC(=O)OCC(COC(=O)CCCCCCC/C=C\C/C=C\CCC)OC(=O)CCCCCCC/C=C\C/C=C\CCCCC. The maximum Gasteiger partial charge on any atom is 0.306 e. The molecule has 1 unspecified atom stereocenters. The van der Waals surface area contributed by atoms with E-state index in [1.807, 2.05) is 0 Å². The van der Waals surface area contributed by atoms with Gasteiger partial charge >= 0.3 is 17.9 Å². The smallest absolute Gasteiger partial charge is 0.306 e. The van der Waals surface area contributed by atoms with Crippen molar-refractivity contribution in [3.05, 3.63) is 158 Å². The van der Waals surface area contributed by atoms with Gasteiger partial charge in [0.15, 0.2) is 6.10 Å². The van der Waals surface area contributed by atoms with E-state index in [9.17, 15) is 14.4 Å². The number of esters is 3. The van der Waals surface area contributed by atoms with E-state index in [-0.39, 0.29) is 31.1 Å². The van der Waals surface area contributed by atoms with Crippen molar-refractivity contribution in [3.63, 3.8) is 0 Å². The second kappa shape index (κ2) is 63.6. The van der Waals surface area contributed by atoms with Gasteiger partial charge in [-0.1, -0.05) is 243 Å². The minimum Gasteiger partial charge on any atom is -0.462 e. The first-order valence-corrected chi connectivity index (χ1v) is 31.0. The highest BCUT2D eigenvalue weighted by atomic mass is 16.6. The predicted molar refractivity (Wildman–Crippen MR) is 334 cm³/mol. The lowest BCUT2D eigenvalue weighted by atomic mass is 10.1. The zero-order chi connectivity index (χ0) is 55.7. The molecule has 0 heterocycles. The van der Waals surface area contributed by atoms with E-state index in [4.69, 9.17) is 14.2 Å². The van der Waals surface area contributed by atoms with Crippen molar-refractivity contribution >= 4 is 17.9 Å². The third-order valence-corrected chi connectivity index (χ3v) is 12.5. The molecule has 0 saturated heterocycles. The van der Waals surface area contributed by atoms with Crippen LogP contribution >= 0.6 is 0 Å². The number of unbranched alkanes of at least 4 members (excludes halogenated alkanes) is 17. The molecule has 6 nitrogen and oxygen atoms in total. The van der Waals surface area contributed by atoms with Crippen LogP contribution in [-0.4, -0.2) is 37.2 Å². The standard InChI is InChI=1S/C71H112O6/c1-4-7-10-13-16-19-22-25-27-28-29-30-31-32-33-34-35-36-37-38-39-40-41-42-44-46-49-52-55-58-61-64-70(73)76-67-68(66-75-69(72)63-60-57-54-51-48-45-24-21-18-15-12-9-6-3)77-71(74)65-62-59-56-53-50-47-43-26-23-20-17-14-11-8-5-2/h7,10,12,15-17,19-21,24-27,29-30,32-33,35-36,38-39,41-43,46,49,68H,4-6,8-9,11,13-14,18,22-23,28,31,34,37,40,44-45,47-48,50-67H2,1-3H3/b10-7-,15-12-,19-16-,20-17-,24-21-,27-25-,30-29-,33-32-,36-35-,39-38-,42-41-,43-26-,49-46-. The lowest BCUT2D eigenvalue weighted by Crippen LogP contribution is -2.30. The van der Waals surface area contributed by atoms with Crippen LogP contribution in [0.5, 0.6) is 0 Å². The monoisotopic (exact) mass is 1060 g/mol. The van der Waals surface area contributed by atoms with Crippen LogP contribution in [0.25, 0.3) is 0 Å². The molecule has 6 heteroatoms. The number of allylic oxidation sites excluding steroid dienone is 26. The van der Waals surface area contributed by atoms with Crippen LogP contribution in [0.4, 0.5) is 0 Å². The molecule has 0 N–H and O–H groups in total. The summed E-state index contributed by atoms with van der Waals surface area (Å²) in [5.41, 5.74) is 0. The zero-order valence-corrected chi connectivity index (χ0v) is 49.4. The van der Waals surface area contributed by atoms with Gasteiger partial charge in [0.2, 0.25) is 0 Å². The van der Waals surface area contributed by atoms with Crippen molar-refractivity contribution in [1.82, 2.24) is 0 Å². The van der Waals surface area contributed by atoms with Crippen LogP contribution in [0.3, 0.4) is 0 Å². The van der Waals surface area contributed by atoms with Gasteiger partial charge < -0.3 is 14.2 Å². The molecule has 0 amide bonds. The van der Waals surface area contributed by atoms with Gasteiger partial charge in [-0.2, -0.15) is 0 Å². The van der Waals surface area contributed by atoms with E-state index in [1.54, 1.807) is 0 Å². The van der Waals surface area contributed by atoms with Crippen LogP contribution in [-0.2, 0) is 28.6 Å². The molecule has 0 aliphatic heterocycles. The summed E-state index contributed by atoms with van der Waals surface area (Å²) in [6, 6.07) is 0. The van der Waals surface area contributed by atoms with Crippen molar-refractivity contribution in [2.24, 2.45) is 0 Å². The quantitative estimate of drug-likeness (QED) is 0.0261. The Morgan fingerprint density at radius 3 is 0.857 bits per heavy atom. The second-order valence-electron chi connectivity index (χ2n) is 19.9. The highest BCUT2D eigenvalue weighted by Gasteiger charge is 2.19. The molecule has 0 aromatic heterocycles. The highest BCUT2D eigenvalue weighted by molar-refractivity contribution is 5.71. The van der Waals surface area contributed by atoms with Gasteiger partial charge in [-0.25, -0.2) is 0 Å². The van der Waals surface area contributed by atoms with Crippen LogP contribution in [0.2, 0.25) is 0 Å². The van der Waals surface area contributed by atoms with Crippen LogP contribution < -0.4 is 0 Å². The Kier molecular flexibility index (Phi) is 59.5. The fraction of sp³-hybridized carbons (Fsp3) is 0.592. The van der Waals surface area contributed by atoms with Crippen LogP contribution in [0, 0.1) is 0 Å². The fourth-order valence-corrected chi connectivity index (χ4v) is 7.85. The third-order valence-electron chi connectivity index (χ3n) is 12.5. The molecular formula is C71H112O6. The molecule has 0 saturated carbocycles. The molecule has 0 fully saturated rings. The van der Waals surface area contributed by atoms with Crippen molar-refractivity contribution in [3.8, 4) is 0 Å². The molecule has 0 radical (unpaired) electrons. The Labute approximate surface area is 473 Å². The molecule has 0 rings (SSSR count). The Bertz CT molecular complexity index is 1740. The summed E-state index contributed by atoms with van der Waals surface area (Å²) >= 11 is 0. The number of carbonyl (C=O) groups excluding carboxylic acids is 3. The van der Waals surface area contributed by atoms with Gasteiger partial charge in [-0.15, -0.1) is 0 Å². The average molecular weight is 1060 g/mol. The van der Waals surface area contributed by atoms with Crippen molar-refractivity contribution in [1.29, 1.82) is 0 Å². The van der Waals surface area contributed by atoms with Crippen molar-refractivity contribution in [2.75, 3.05) is 13.2 Å². The first kappa shape index (κ1) is 72.0. The topological polar surface area (TPSA) is 78.9 Å². The summed E-state index contributed by atoms with van der Waals surface area (Å²) in [5, 5.41) is 0. The maximum atomic E-state index is 12.9. The average Bonchev–Trinajstić information content (AvgIpc) is 3.43. The van der Waals surface area contributed by atoms with E-state index >= 15 is 0 Å². The summed E-state index contributed by atoms with van der Waals surface area (Å²) in [6.45, 7) is 6.37. The number of hydrogen-bond donors (Lipinski definition) is 0. The summed E-state index contributed by atoms with van der Waals surface area (Å²) in [5.74, 6) is -0.975. The number of carbonyl (C=O) groups is 3. The second-order valence-corrected chi connectivity index (χ2v) is 19.9. The predicted octanol–water partition coefficient (Wildman–Crippen LogP) is 21.3. The minimum absolute atomic E-state index is 0.108. The van der Waals surface area contributed by atoms with E-state index in [1.165, 1.54) is 32.1 Å². The Hall–Kier alpha value is -4.97. The van der Waals surface area contributed by atoms with E-state index in [2.05, 4.69) is 179 Å². The van der Waals surface area contributed by atoms with Crippen molar-refractivity contribution < 1.29 is 28.6 Å². The lowest BCUT2D eigenvalue weighted by Gasteiger charge is -2.18. The largest absolute Gasteiger partial charge is 0.462 e. The van der Waals surface area contributed by atoms with Crippen molar-refractivity contribution in [2.45, 2.75) is 258 Å². The van der Waals surface area contributed by atoms with E-state index in [0.29, 0.717) is 19.3 Å². The molecule has 0 aromatic carbocycles. The van der Waals surface area contributed by atoms with Crippen LogP contribution in [0.1, 0.15) is 252 Å². The molecule has 0 aromatic rings. The van der Waals surface area contributed by atoms with E-state index < -0.39 is 6.10 Å². The summed E-state index contributed by atoms with van der Waals surface area (Å²) in [4.78, 5) is 38.2. The van der Waals surface area contributed by atoms with Gasteiger partial charge in [0, 0.05) is 19.3 Å². The minimum atomic E-state index is -0.813. The maximum absolute atomic E-state index is 12.9. The fourth-order valence-electron chi connectivity index (χ4n) is 7.85. The lowest BCUT2D eigenvalue weighted by molar-refractivity contribution is -0.167. The zero-order valence-electron chi connectivity index (χ0n) is 49.4. The molecule has 0 bridgehead atoms. The number of ether oxygens (including phenoxy) is 3. The Morgan fingerprint density at radius 1 is 0.273 bits per heavy atom. The molecule has 0 spiro atoms. The highest BCUT2D eigenvalue weighted by Crippen LogP contribution is 2.13. The Balaban J connectivity index is 4.41. The first-order chi connectivity index (χ1) is 38.0. The van der Waals surface area contributed by atoms with E-state index in [0.717, 1.165) is 180 Å². The number of rotatable bonds is 54.